The first-order valence-electron chi connectivity index (χ1n) is 8.98. The fourth-order valence-electron chi connectivity index (χ4n) is 3.51. The topological polar surface area (TPSA) is 33.2 Å². The zero-order valence-corrected chi connectivity index (χ0v) is 15.1. The van der Waals surface area contributed by atoms with E-state index in [2.05, 4.69) is 13.8 Å². The summed E-state index contributed by atoms with van der Waals surface area (Å²) in [6, 6.07) is 10.6. The zero-order valence-electron chi connectivity index (χ0n) is 15.1. The maximum absolute atomic E-state index is 13.2. The second-order valence-electron chi connectivity index (χ2n) is 7.27. The molecule has 4 heteroatoms. The number of hydrogen-bond acceptors (Lipinski definition) is 2. The zero-order chi connectivity index (χ0) is 18.0. The molecule has 1 aliphatic heterocycles. The smallest absolute Gasteiger partial charge is 0.223 e. The van der Waals surface area contributed by atoms with Crippen LogP contribution in [-0.4, -0.2) is 22.3 Å². The van der Waals surface area contributed by atoms with Crippen LogP contribution >= 0.6 is 0 Å². The van der Waals surface area contributed by atoms with Crippen LogP contribution < -0.4 is 0 Å². The van der Waals surface area contributed by atoms with Crippen molar-refractivity contribution in [2.45, 2.75) is 46.1 Å². The number of aryl methyl sites for hydroxylation is 1. The lowest BCUT2D eigenvalue weighted by molar-refractivity contribution is -0.133. The van der Waals surface area contributed by atoms with E-state index < -0.39 is 0 Å². The minimum absolute atomic E-state index is 0.0466. The highest BCUT2D eigenvalue weighted by molar-refractivity contribution is 5.77. The summed E-state index contributed by atoms with van der Waals surface area (Å²) in [5.41, 5.74) is 3.84. The van der Waals surface area contributed by atoms with E-state index in [-0.39, 0.29) is 17.8 Å². The Bertz CT molecular complexity index is 755. The predicted molar refractivity (Wildman–Crippen MR) is 97.5 cm³/mol. The number of nitrogens with zero attached hydrogens (tertiary/aromatic N) is 2. The molecule has 1 aromatic carbocycles. The van der Waals surface area contributed by atoms with Crippen LogP contribution in [0.25, 0.3) is 11.1 Å². The van der Waals surface area contributed by atoms with Crippen molar-refractivity contribution in [2.75, 3.05) is 6.54 Å². The van der Waals surface area contributed by atoms with Crippen LogP contribution in [0.2, 0.25) is 0 Å². The molecule has 3 nitrogen and oxygen atoms in total. The maximum Gasteiger partial charge on any atom is 0.223 e. The molecule has 1 saturated heterocycles. The van der Waals surface area contributed by atoms with Crippen LogP contribution in [0.3, 0.4) is 0 Å². The van der Waals surface area contributed by atoms with Gasteiger partial charge in [0.2, 0.25) is 5.91 Å². The molecule has 3 rings (SSSR count). The van der Waals surface area contributed by atoms with Crippen LogP contribution in [0.4, 0.5) is 4.39 Å². The average molecular weight is 340 g/mol. The number of hydrogen-bond donors (Lipinski definition) is 0. The van der Waals surface area contributed by atoms with Gasteiger partial charge in [-0.1, -0.05) is 26.0 Å². The van der Waals surface area contributed by atoms with Gasteiger partial charge in [-0.2, -0.15) is 0 Å². The Morgan fingerprint density at radius 2 is 1.96 bits per heavy atom. The number of halogens is 1. The number of benzene rings is 1. The van der Waals surface area contributed by atoms with Gasteiger partial charge in [0.25, 0.3) is 0 Å². The van der Waals surface area contributed by atoms with Gasteiger partial charge in [-0.05, 0) is 61.1 Å². The molecule has 2 aromatic rings. The largest absolute Gasteiger partial charge is 0.334 e. The summed E-state index contributed by atoms with van der Waals surface area (Å²) in [7, 11) is 0. The lowest BCUT2D eigenvalue weighted by Gasteiger charge is -2.26. The van der Waals surface area contributed by atoms with Crippen LogP contribution in [0.5, 0.6) is 0 Å². The van der Waals surface area contributed by atoms with Gasteiger partial charge < -0.3 is 4.90 Å². The fourth-order valence-corrected chi connectivity index (χ4v) is 3.51. The lowest BCUT2D eigenvalue weighted by Crippen LogP contribution is -2.31. The van der Waals surface area contributed by atoms with E-state index >= 15 is 0 Å². The number of pyridine rings is 1. The van der Waals surface area contributed by atoms with E-state index in [0.29, 0.717) is 12.3 Å². The molecule has 0 saturated carbocycles. The van der Waals surface area contributed by atoms with Gasteiger partial charge in [0, 0.05) is 18.7 Å². The third-order valence-corrected chi connectivity index (χ3v) is 4.65. The molecule has 1 fully saturated rings. The normalized spacial score (nSPS) is 17.3. The molecular weight excluding hydrogens is 315 g/mol. The van der Waals surface area contributed by atoms with E-state index in [4.69, 9.17) is 4.98 Å². The Morgan fingerprint density at radius 3 is 2.64 bits per heavy atom. The summed E-state index contributed by atoms with van der Waals surface area (Å²) in [4.78, 5) is 19.3. The molecule has 0 radical (unpaired) electrons. The van der Waals surface area contributed by atoms with Crippen LogP contribution in [-0.2, 0) is 4.79 Å². The van der Waals surface area contributed by atoms with Crippen molar-refractivity contribution in [1.29, 1.82) is 0 Å². The monoisotopic (exact) mass is 340 g/mol. The second kappa shape index (κ2) is 7.34. The molecule has 0 spiro atoms. The highest BCUT2D eigenvalue weighted by atomic mass is 19.1. The van der Waals surface area contributed by atoms with Crippen molar-refractivity contribution in [1.82, 2.24) is 9.88 Å². The molecule has 2 heterocycles. The van der Waals surface area contributed by atoms with E-state index in [9.17, 15) is 9.18 Å². The molecule has 0 bridgehead atoms. The molecular formula is C21H25FN2O. The van der Waals surface area contributed by atoms with Gasteiger partial charge in [-0.3, -0.25) is 9.78 Å². The summed E-state index contributed by atoms with van der Waals surface area (Å²) in [5, 5.41) is 0. The Hall–Kier alpha value is -2.23. The van der Waals surface area contributed by atoms with E-state index in [1.54, 1.807) is 12.1 Å². The fraction of sp³-hybridized carbons (Fsp3) is 0.429. The third kappa shape index (κ3) is 4.06. The maximum atomic E-state index is 13.2. The standard InChI is InChI=1S/C21H25FN2O/c1-14(2)11-21(25)24-10-4-5-20(24)19-13-17(12-15(3)23-19)16-6-8-18(22)9-7-16/h6-9,12-14,20H,4-5,10-11H2,1-3H3/t20-/m0/s1. The lowest BCUT2D eigenvalue weighted by atomic mass is 10.0. The average Bonchev–Trinajstić information content (AvgIpc) is 3.04. The first-order chi connectivity index (χ1) is 11.9. The summed E-state index contributed by atoms with van der Waals surface area (Å²) in [5.74, 6) is 0.328. The first-order valence-corrected chi connectivity index (χ1v) is 8.98. The van der Waals surface area contributed by atoms with Gasteiger partial charge in [0.05, 0.1) is 11.7 Å². The van der Waals surface area contributed by atoms with Crippen molar-refractivity contribution in [3.8, 4) is 11.1 Å². The minimum atomic E-state index is -0.240. The number of amides is 1. The number of carbonyl (C=O) groups excluding carboxylic acids is 1. The van der Waals surface area contributed by atoms with Crippen molar-refractivity contribution >= 4 is 5.91 Å². The van der Waals surface area contributed by atoms with Gasteiger partial charge in [-0.25, -0.2) is 4.39 Å². The van der Waals surface area contributed by atoms with Crippen molar-refractivity contribution in [3.63, 3.8) is 0 Å². The van der Waals surface area contributed by atoms with Crippen molar-refractivity contribution in [3.05, 3.63) is 53.6 Å². The number of aromatic nitrogens is 1. The van der Waals surface area contributed by atoms with Gasteiger partial charge in [0.15, 0.2) is 0 Å². The summed E-state index contributed by atoms with van der Waals surface area (Å²) < 4.78 is 13.2. The van der Waals surface area contributed by atoms with Crippen LogP contribution in [0.1, 0.15) is 50.5 Å². The summed E-state index contributed by atoms with van der Waals surface area (Å²) >= 11 is 0. The minimum Gasteiger partial charge on any atom is -0.334 e. The molecule has 1 amide bonds. The Labute approximate surface area is 148 Å². The Kier molecular flexibility index (Phi) is 5.16. The summed E-state index contributed by atoms with van der Waals surface area (Å²) in [6.45, 7) is 6.91. The molecule has 0 aliphatic carbocycles. The SMILES string of the molecule is Cc1cc(-c2ccc(F)cc2)cc([C@@H]2CCCN2C(=O)CC(C)C)n1. The van der Waals surface area contributed by atoms with Crippen molar-refractivity contribution < 1.29 is 9.18 Å². The van der Waals surface area contributed by atoms with Gasteiger partial charge in [-0.15, -0.1) is 0 Å². The number of carbonyl (C=O) groups is 1. The highest BCUT2D eigenvalue weighted by Crippen LogP contribution is 2.34. The molecule has 1 aromatic heterocycles. The Balaban J connectivity index is 1.91. The van der Waals surface area contributed by atoms with Crippen LogP contribution in [0, 0.1) is 18.7 Å². The molecule has 25 heavy (non-hydrogen) atoms. The molecule has 0 unspecified atom stereocenters. The third-order valence-electron chi connectivity index (χ3n) is 4.65. The van der Waals surface area contributed by atoms with Gasteiger partial charge >= 0.3 is 0 Å². The molecule has 132 valence electrons. The second-order valence-corrected chi connectivity index (χ2v) is 7.27. The van der Waals surface area contributed by atoms with Crippen molar-refractivity contribution in [2.24, 2.45) is 5.92 Å². The highest BCUT2D eigenvalue weighted by Gasteiger charge is 2.31. The van der Waals surface area contributed by atoms with E-state index in [0.717, 1.165) is 41.9 Å². The number of rotatable bonds is 4. The van der Waals surface area contributed by atoms with Crippen LogP contribution in [0.15, 0.2) is 36.4 Å². The molecule has 1 atom stereocenters. The number of likely N-dealkylation sites (tertiary alicyclic amines) is 1. The predicted octanol–water partition coefficient (Wildman–Crippen LogP) is 4.91. The van der Waals surface area contributed by atoms with E-state index in [1.165, 1.54) is 12.1 Å². The molecule has 0 N–H and O–H groups in total. The van der Waals surface area contributed by atoms with Gasteiger partial charge in [0.1, 0.15) is 5.82 Å². The first kappa shape index (κ1) is 17.6. The quantitative estimate of drug-likeness (QED) is 0.792. The molecule has 1 aliphatic rings. The van der Waals surface area contributed by atoms with E-state index in [1.807, 2.05) is 24.0 Å². The summed E-state index contributed by atoms with van der Waals surface area (Å²) in [6.07, 6.45) is 2.53. The Morgan fingerprint density at radius 1 is 1.24 bits per heavy atom.